The summed E-state index contributed by atoms with van der Waals surface area (Å²) in [5, 5.41) is 4.55. The van der Waals surface area contributed by atoms with Crippen LogP contribution in [-0.2, 0) is 11.2 Å². The average Bonchev–Trinajstić information content (AvgIpc) is 2.49. The molecule has 2 rings (SSSR count). The lowest BCUT2D eigenvalue weighted by atomic mass is 10.2. The summed E-state index contributed by atoms with van der Waals surface area (Å²) >= 11 is 9.36. The third-order valence-electron chi connectivity index (χ3n) is 2.92. The minimum Gasteiger partial charge on any atom is -0.464 e. The number of hydrogen-bond acceptors (Lipinski definition) is 4. The SMILES string of the molecule is CCc1cn(-c2ccc(Br)c(Cl)c2)nc(C(=O)OC)c1=O. The van der Waals surface area contributed by atoms with Crippen LogP contribution in [-0.4, -0.2) is 22.9 Å². The first-order valence-electron chi connectivity index (χ1n) is 6.14. The van der Waals surface area contributed by atoms with Crippen LogP contribution >= 0.6 is 27.5 Å². The van der Waals surface area contributed by atoms with Crippen molar-refractivity contribution >= 4 is 33.5 Å². The molecule has 0 bridgehead atoms. The molecule has 110 valence electrons. The van der Waals surface area contributed by atoms with Crippen molar-refractivity contribution in [2.24, 2.45) is 0 Å². The van der Waals surface area contributed by atoms with Gasteiger partial charge in [-0.1, -0.05) is 18.5 Å². The van der Waals surface area contributed by atoms with Gasteiger partial charge in [-0.25, -0.2) is 9.48 Å². The summed E-state index contributed by atoms with van der Waals surface area (Å²) in [7, 11) is 1.21. The molecule has 0 radical (unpaired) electrons. The summed E-state index contributed by atoms with van der Waals surface area (Å²) in [6.07, 6.45) is 2.07. The van der Waals surface area contributed by atoms with E-state index in [9.17, 15) is 9.59 Å². The van der Waals surface area contributed by atoms with E-state index in [0.717, 1.165) is 4.47 Å². The van der Waals surface area contributed by atoms with Crippen molar-refractivity contribution in [3.05, 3.63) is 55.4 Å². The van der Waals surface area contributed by atoms with E-state index in [4.69, 9.17) is 11.6 Å². The number of ether oxygens (including phenoxy) is 1. The predicted octanol–water partition coefficient (Wildman–Crippen LogP) is 3.00. The summed E-state index contributed by atoms with van der Waals surface area (Å²) in [5.41, 5.74) is 0.465. The smallest absolute Gasteiger partial charge is 0.362 e. The molecule has 21 heavy (non-hydrogen) atoms. The van der Waals surface area contributed by atoms with E-state index < -0.39 is 11.4 Å². The summed E-state index contributed by atoms with van der Waals surface area (Å²) in [5.74, 6) is -0.757. The molecule has 0 unspecified atom stereocenters. The molecule has 0 aliphatic carbocycles. The standard InChI is InChI=1S/C14H12BrClN2O3/c1-3-8-7-18(9-4-5-10(15)11(16)6-9)17-12(13(8)19)14(20)21-2/h4-7H,3H2,1-2H3. The minimum atomic E-state index is -0.757. The van der Waals surface area contributed by atoms with Gasteiger partial charge in [-0.05, 0) is 40.5 Å². The Hall–Kier alpha value is -1.66. The number of aromatic nitrogens is 2. The zero-order valence-corrected chi connectivity index (χ0v) is 13.7. The fourth-order valence-corrected chi connectivity index (χ4v) is 2.20. The highest BCUT2D eigenvalue weighted by molar-refractivity contribution is 9.10. The van der Waals surface area contributed by atoms with Gasteiger partial charge in [-0.3, -0.25) is 4.79 Å². The molecule has 5 nitrogen and oxygen atoms in total. The fraction of sp³-hybridized carbons (Fsp3) is 0.214. The maximum Gasteiger partial charge on any atom is 0.362 e. The largest absolute Gasteiger partial charge is 0.464 e. The highest BCUT2D eigenvalue weighted by Gasteiger charge is 2.17. The molecule has 7 heteroatoms. The Morgan fingerprint density at radius 3 is 2.76 bits per heavy atom. The fourth-order valence-electron chi connectivity index (χ4n) is 1.78. The van der Waals surface area contributed by atoms with Crippen LogP contribution < -0.4 is 5.43 Å². The Balaban J connectivity index is 2.66. The number of esters is 1. The van der Waals surface area contributed by atoms with Crippen LogP contribution in [0, 0.1) is 0 Å². The van der Waals surface area contributed by atoms with Gasteiger partial charge < -0.3 is 4.74 Å². The minimum absolute atomic E-state index is 0.240. The van der Waals surface area contributed by atoms with Gasteiger partial charge in [0.2, 0.25) is 11.1 Å². The van der Waals surface area contributed by atoms with E-state index in [2.05, 4.69) is 25.8 Å². The first kappa shape index (κ1) is 15.7. The van der Waals surface area contributed by atoms with Gasteiger partial charge in [0.05, 0.1) is 17.8 Å². The zero-order chi connectivity index (χ0) is 15.6. The topological polar surface area (TPSA) is 61.2 Å². The van der Waals surface area contributed by atoms with Crippen molar-refractivity contribution in [3.8, 4) is 5.69 Å². The van der Waals surface area contributed by atoms with Crippen molar-refractivity contribution in [2.45, 2.75) is 13.3 Å². The Kier molecular flexibility index (Phi) is 4.80. The van der Waals surface area contributed by atoms with Crippen LogP contribution in [0.3, 0.4) is 0 Å². The zero-order valence-electron chi connectivity index (χ0n) is 11.4. The molecule has 2 aromatic rings. The molecule has 0 fully saturated rings. The summed E-state index contributed by atoms with van der Waals surface area (Å²) < 4.78 is 6.80. The number of carbonyl (C=O) groups excluding carboxylic acids is 1. The third-order valence-corrected chi connectivity index (χ3v) is 4.15. The molecule has 0 saturated carbocycles. The Morgan fingerprint density at radius 2 is 2.19 bits per heavy atom. The van der Waals surface area contributed by atoms with Crippen molar-refractivity contribution < 1.29 is 9.53 Å². The van der Waals surface area contributed by atoms with E-state index in [0.29, 0.717) is 22.7 Å². The second kappa shape index (κ2) is 6.41. The molecule has 1 aromatic heterocycles. The van der Waals surface area contributed by atoms with Gasteiger partial charge in [0.1, 0.15) is 0 Å². The highest BCUT2D eigenvalue weighted by atomic mass is 79.9. The van der Waals surface area contributed by atoms with Gasteiger partial charge >= 0.3 is 5.97 Å². The number of aryl methyl sites for hydroxylation is 1. The van der Waals surface area contributed by atoms with Crippen molar-refractivity contribution in [1.82, 2.24) is 9.78 Å². The number of rotatable bonds is 3. The van der Waals surface area contributed by atoms with E-state index in [1.165, 1.54) is 11.8 Å². The van der Waals surface area contributed by atoms with Gasteiger partial charge in [0.15, 0.2) is 0 Å². The van der Waals surface area contributed by atoms with Crippen molar-refractivity contribution in [3.63, 3.8) is 0 Å². The van der Waals surface area contributed by atoms with Crippen LogP contribution in [0.4, 0.5) is 0 Å². The van der Waals surface area contributed by atoms with E-state index >= 15 is 0 Å². The second-order valence-electron chi connectivity index (χ2n) is 4.22. The molecule has 0 spiro atoms. The number of carbonyl (C=O) groups is 1. The molecule has 0 aliphatic rings. The first-order chi connectivity index (χ1) is 9.97. The Labute approximate surface area is 134 Å². The lowest BCUT2D eigenvalue weighted by Crippen LogP contribution is -2.25. The Bertz CT molecular complexity index is 758. The average molecular weight is 372 g/mol. The van der Waals surface area contributed by atoms with Gasteiger partial charge in [-0.15, -0.1) is 0 Å². The van der Waals surface area contributed by atoms with Crippen LogP contribution in [0.5, 0.6) is 0 Å². The molecular formula is C14H12BrClN2O3. The van der Waals surface area contributed by atoms with E-state index in [1.807, 2.05) is 6.92 Å². The summed E-state index contributed by atoms with van der Waals surface area (Å²) in [6.45, 7) is 1.83. The van der Waals surface area contributed by atoms with Gasteiger partial charge in [-0.2, -0.15) is 5.10 Å². The summed E-state index contributed by atoms with van der Waals surface area (Å²) in [4.78, 5) is 23.8. The number of benzene rings is 1. The normalized spacial score (nSPS) is 10.5. The van der Waals surface area contributed by atoms with E-state index in [1.54, 1.807) is 24.4 Å². The number of hydrogen-bond donors (Lipinski definition) is 0. The maximum atomic E-state index is 12.1. The van der Waals surface area contributed by atoms with Crippen LogP contribution in [0.25, 0.3) is 5.69 Å². The number of halogens is 2. The molecule has 0 atom stereocenters. The summed E-state index contributed by atoms with van der Waals surface area (Å²) in [6, 6.07) is 5.22. The van der Waals surface area contributed by atoms with Crippen molar-refractivity contribution in [2.75, 3.05) is 7.11 Å². The number of nitrogens with zero attached hydrogens (tertiary/aromatic N) is 2. The maximum absolute atomic E-state index is 12.1. The number of methoxy groups -OCH3 is 1. The molecule has 0 N–H and O–H groups in total. The molecule has 1 heterocycles. The van der Waals surface area contributed by atoms with E-state index in [-0.39, 0.29) is 5.69 Å². The van der Waals surface area contributed by atoms with Gasteiger partial charge in [0.25, 0.3) is 0 Å². The highest BCUT2D eigenvalue weighted by Crippen LogP contribution is 2.24. The molecule has 0 saturated heterocycles. The predicted molar refractivity (Wildman–Crippen MR) is 83.3 cm³/mol. The van der Waals surface area contributed by atoms with Crippen LogP contribution in [0.2, 0.25) is 5.02 Å². The molecular weight excluding hydrogens is 360 g/mol. The first-order valence-corrected chi connectivity index (χ1v) is 7.31. The Morgan fingerprint density at radius 1 is 1.48 bits per heavy atom. The van der Waals surface area contributed by atoms with Crippen LogP contribution in [0.1, 0.15) is 23.0 Å². The monoisotopic (exact) mass is 370 g/mol. The lowest BCUT2D eigenvalue weighted by molar-refractivity contribution is 0.0590. The lowest BCUT2D eigenvalue weighted by Gasteiger charge is -2.10. The molecule has 0 amide bonds. The van der Waals surface area contributed by atoms with Crippen LogP contribution in [0.15, 0.2) is 33.7 Å². The van der Waals surface area contributed by atoms with Crippen molar-refractivity contribution in [1.29, 1.82) is 0 Å². The molecule has 1 aromatic carbocycles. The second-order valence-corrected chi connectivity index (χ2v) is 5.48. The van der Waals surface area contributed by atoms with Gasteiger partial charge in [0, 0.05) is 16.2 Å². The quantitative estimate of drug-likeness (QED) is 0.778. The molecule has 0 aliphatic heterocycles. The third kappa shape index (κ3) is 3.16.